The highest BCUT2D eigenvalue weighted by atomic mass is 19.1. The molecule has 2 aromatic rings. The van der Waals surface area contributed by atoms with Crippen LogP contribution in [-0.4, -0.2) is 12.3 Å². The van der Waals surface area contributed by atoms with Crippen molar-refractivity contribution in [2.24, 2.45) is 11.1 Å². The Labute approximate surface area is 123 Å². The van der Waals surface area contributed by atoms with Gasteiger partial charge in [-0.2, -0.15) is 0 Å². The topological polar surface area (TPSA) is 56.2 Å². The molecule has 21 heavy (non-hydrogen) atoms. The van der Waals surface area contributed by atoms with Crippen LogP contribution in [-0.2, 0) is 0 Å². The summed E-state index contributed by atoms with van der Waals surface area (Å²) in [5.41, 5.74) is 5.98. The third-order valence-electron chi connectivity index (χ3n) is 4.65. The van der Waals surface area contributed by atoms with Crippen LogP contribution in [0.15, 0.2) is 28.7 Å². The van der Waals surface area contributed by atoms with Gasteiger partial charge < -0.3 is 10.2 Å². The average molecular weight is 289 g/mol. The molecule has 112 valence electrons. The van der Waals surface area contributed by atoms with Gasteiger partial charge in [0.2, 0.25) is 0 Å². The number of Topliss-reactive ketones (excluding diaryl/α,β-unsaturated/α-hetero) is 1. The van der Waals surface area contributed by atoms with Crippen molar-refractivity contribution in [3.8, 4) is 0 Å². The van der Waals surface area contributed by atoms with Gasteiger partial charge in [0.05, 0.1) is 0 Å². The monoisotopic (exact) mass is 289 g/mol. The lowest BCUT2D eigenvalue weighted by molar-refractivity contribution is 0.0842. The minimum Gasteiger partial charge on any atom is -0.450 e. The van der Waals surface area contributed by atoms with Crippen molar-refractivity contribution in [3.63, 3.8) is 0 Å². The Bertz CT molecular complexity index is 656. The SMILES string of the molecule is NCC1(CC(=O)c2cc3cccc(F)c3o2)CCCCC1. The lowest BCUT2D eigenvalue weighted by Crippen LogP contribution is -2.35. The normalized spacial score (nSPS) is 18.0. The summed E-state index contributed by atoms with van der Waals surface area (Å²) < 4.78 is 19.1. The van der Waals surface area contributed by atoms with Crippen molar-refractivity contribution in [1.29, 1.82) is 0 Å². The predicted molar refractivity (Wildman–Crippen MR) is 79.7 cm³/mol. The zero-order valence-electron chi connectivity index (χ0n) is 12.0. The van der Waals surface area contributed by atoms with Gasteiger partial charge in [0, 0.05) is 11.8 Å². The van der Waals surface area contributed by atoms with E-state index < -0.39 is 5.82 Å². The summed E-state index contributed by atoms with van der Waals surface area (Å²) in [6, 6.07) is 6.33. The standard InChI is InChI=1S/C17H20FNO2/c18-13-6-4-5-12-9-15(21-16(12)13)14(20)10-17(11-19)7-2-1-3-8-17/h4-6,9H,1-3,7-8,10-11,19H2. The minimum absolute atomic E-state index is 0.0713. The first kappa shape index (κ1) is 14.3. The Balaban J connectivity index is 1.84. The molecule has 1 aliphatic rings. The van der Waals surface area contributed by atoms with Crippen LogP contribution >= 0.6 is 0 Å². The number of rotatable bonds is 4. The van der Waals surface area contributed by atoms with Crippen LogP contribution in [0.3, 0.4) is 0 Å². The highest BCUT2D eigenvalue weighted by Gasteiger charge is 2.34. The van der Waals surface area contributed by atoms with Gasteiger partial charge in [0.1, 0.15) is 0 Å². The molecule has 0 spiro atoms. The molecule has 0 bridgehead atoms. The zero-order valence-corrected chi connectivity index (χ0v) is 12.0. The second-order valence-electron chi connectivity index (χ2n) is 6.13. The second kappa shape index (κ2) is 5.60. The Hall–Kier alpha value is -1.68. The fourth-order valence-corrected chi connectivity index (χ4v) is 3.35. The molecule has 0 radical (unpaired) electrons. The number of halogens is 1. The first-order chi connectivity index (χ1) is 10.1. The predicted octanol–water partition coefficient (Wildman–Crippen LogP) is 4.05. The Morgan fingerprint density at radius 1 is 1.29 bits per heavy atom. The third kappa shape index (κ3) is 2.72. The quantitative estimate of drug-likeness (QED) is 0.864. The largest absolute Gasteiger partial charge is 0.450 e. The van der Waals surface area contributed by atoms with Crippen LogP contribution in [0.5, 0.6) is 0 Å². The molecule has 2 N–H and O–H groups in total. The maximum Gasteiger partial charge on any atom is 0.198 e. The van der Waals surface area contributed by atoms with Crippen molar-refractivity contribution in [3.05, 3.63) is 35.8 Å². The molecule has 1 aromatic carbocycles. The number of fused-ring (bicyclic) bond motifs is 1. The fraction of sp³-hybridized carbons (Fsp3) is 0.471. The van der Waals surface area contributed by atoms with Gasteiger partial charge in [0.25, 0.3) is 0 Å². The van der Waals surface area contributed by atoms with E-state index >= 15 is 0 Å². The first-order valence-electron chi connectivity index (χ1n) is 7.55. The van der Waals surface area contributed by atoms with Gasteiger partial charge >= 0.3 is 0 Å². The molecule has 1 aromatic heterocycles. The summed E-state index contributed by atoms with van der Waals surface area (Å²) in [5, 5.41) is 0.629. The summed E-state index contributed by atoms with van der Waals surface area (Å²) in [4.78, 5) is 12.5. The molecule has 0 aliphatic heterocycles. The highest BCUT2D eigenvalue weighted by molar-refractivity contribution is 5.98. The van der Waals surface area contributed by atoms with Crippen LogP contribution in [0.25, 0.3) is 11.0 Å². The molecular weight excluding hydrogens is 269 g/mol. The van der Waals surface area contributed by atoms with Crippen molar-refractivity contribution in [1.82, 2.24) is 0 Å². The lowest BCUT2D eigenvalue weighted by Gasteiger charge is -2.35. The zero-order chi connectivity index (χ0) is 14.9. The highest BCUT2D eigenvalue weighted by Crippen LogP contribution is 2.39. The van der Waals surface area contributed by atoms with E-state index in [1.54, 1.807) is 18.2 Å². The van der Waals surface area contributed by atoms with E-state index in [1.807, 2.05) is 0 Å². The number of ketones is 1. The average Bonchev–Trinajstić information content (AvgIpc) is 2.94. The number of furan rings is 1. The van der Waals surface area contributed by atoms with E-state index in [4.69, 9.17) is 10.2 Å². The summed E-state index contributed by atoms with van der Waals surface area (Å²) in [6.45, 7) is 0.521. The van der Waals surface area contributed by atoms with Crippen molar-refractivity contribution in [2.45, 2.75) is 38.5 Å². The van der Waals surface area contributed by atoms with Gasteiger partial charge in [-0.3, -0.25) is 4.79 Å². The number of nitrogens with two attached hydrogens (primary N) is 1. The van der Waals surface area contributed by atoms with E-state index in [0.29, 0.717) is 18.4 Å². The summed E-state index contributed by atoms with van der Waals surface area (Å²) in [5.74, 6) is -0.260. The van der Waals surface area contributed by atoms with Crippen LogP contribution in [0, 0.1) is 11.2 Å². The Morgan fingerprint density at radius 2 is 2.05 bits per heavy atom. The molecule has 1 heterocycles. The minimum atomic E-state index is -0.433. The van der Waals surface area contributed by atoms with Gasteiger partial charge in [-0.25, -0.2) is 4.39 Å². The van der Waals surface area contributed by atoms with E-state index in [9.17, 15) is 9.18 Å². The summed E-state index contributed by atoms with van der Waals surface area (Å²) in [7, 11) is 0. The van der Waals surface area contributed by atoms with E-state index in [0.717, 1.165) is 25.7 Å². The van der Waals surface area contributed by atoms with Crippen molar-refractivity contribution >= 4 is 16.8 Å². The number of benzene rings is 1. The number of para-hydroxylation sites is 1. The molecule has 0 atom stereocenters. The first-order valence-corrected chi connectivity index (χ1v) is 7.55. The molecular formula is C17H20FNO2. The molecule has 0 amide bonds. The fourth-order valence-electron chi connectivity index (χ4n) is 3.35. The smallest absolute Gasteiger partial charge is 0.198 e. The van der Waals surface area contributed by atoms with Crippen LogP contribution < -0.4 is 5.73 Å². The maximum atomic E-state index is 13.6. The van der Waals surface area contributed by atoms with Crippen molar-refractivity contribution in [2.75, 3.05) is 6.54 Å². The number of carbonyl (C=O) groups excluding carboxylic acids is 1. The van der Waals surface area contributed by atoms with Crippen molar-refractivity contribution < 1.29 is 13.6 Å². The van der Waals surface area contributed by atoms with Gasteiger partial charge in [-0.1, -0.05) is 31.4 Å². The van der Waals surface area contributed by atoms with Crippen LogP contribution in [0.4, 0.5) is 4.39 Å². The van der Waals surface area contributed by atoms with Gasteiger partial charge in [-0.15, -0.1) is 0 Å². The molecule has 4 heteroatoms. The molecule has 1 saturated carbocycles. The number of hydrogen-bond acceptors (Lipinski definition) is 3. The Morgan fingerprint density at radius 3 is 2.71 bits per heavy atom. The number of hydrogen-bond donors (Lipinski definition) is 1. The second-order valence-corrected chi connectivity index (χ2v) is 6.13. The summed E-state index contributed by atoms with van der Waals surface area (Å²) in [6.07, 6.45) is 5.84. The van der Waals surface area contributed by atoms with Gasteiger partial charge in [0.15, 0.2) is 22.9 Å². The molecule has 0 unspecified atom stereocenters. The van der Waals surface area contributed by atoms with Crippen LogP contribution in [0.1, 0.15) is 49.1 Å². The lowest BCUT2D eigenvalue weighted by atomic mass is 9.71. The molecule has 0 saturated heterocycles. The Kier molecular flexibility index (Phi) is 3.81. The van der Waals surface area contributed by atoms with Gasteiger partial charge in [-0.05, 0) is 36.9 Å². The molecule has 3 rings (SSSR count). The number of carbonyl (C=O) groups is 1. The molecule has 3 nitrogen and oxygen atoms in total. The molecule has 1 fully saturated rings. The van der Waals surface area contributed by atoms with E-state index in [2.05, 4.69) is 0 Å². The summed E-state index contributed by atoms with van der Waals surface area (Å²) >= 11 is 0. The van der Waals surface area contributed by atoms with E-state index in [1.165, 1.54) is 12.5 Å². The van der Waals surface area contributed by atoms with Crippen LogP contribution in [0.2, 0.25) is 0 Å². The maximum absolute atomic E-state index is 13.6. The molecule has 1 aliphatic carbocycles. The van der Waals surface area contributed by atoms with E-state index in [-0.39, 0.29) is 22.5 Å². The third-order valence-corrected chi connectivity index (χ3v) is 4.65.